The molecule has 29 heavy (non-hydrogen) atoms. The second-order valence-corrected chi connectivity index (χ2v) is 7.69. The summed E-state index contributed by atoms with van der Waals surface area (Å²) in [6, 6.07) is 16.5. The molecular weight excluding hydrogens is 358 g/mol. The van der Waals surface area contributed by atoms with Crippen molar-refractivity contribution in [2.45, 2.75) is 44.8 Å². The minimum atomic E-state index is -0.370. The molecule has 0 bridgehead atoms. The van der Waals surface area contributed by atoms with Crippen molar-refractivity contribution in [3.05, 3.63) is 95.6 Å². The average Bonchev–Trinajstić information content (AvgIpc) is 3.48. The number of hydrogen-bond acceptors (Lipinski definition) is 2. The number of rotatable bonds is 6. The first kappa shape index (κ1) is 19.4. The van der Waals surface area contributed by atoms with Gasteiger partial charge in [-0.3, -0.25) is 4.79 Å². The van der Waals surface area contributed by atoms with Gasteiger partial charge in [-0.05, 0) is 54.2 Å². The van der Waals surface area contributed by atoms with E-state index in [0.29, 0.717) is 12.8 Å². The van der Waals surface area contributed by atoms with E-state index in [4.69, 9.17) is 4.74 Å². The maximum absolute atomic E-state index is 12.5. The van der Waals surface area contributed by atoms with E-state index in [0.717, 1.165) is 23.2 Å². The molecule has 1 aliphatic heterocycles. The van der Waals surface area contributed by atoms with Gasteiger partial charge in [-0.25, -0.2) is 0 Å². The van der Waals surface area contributed by atoms with Gasteiger partial charge in [0.25, 0.3) is 0 Å². The van der Waals surface area contributed by atoms with E-state index in [-0.39, 0.29) is 17.6 Å². The van der Waals surface area contributed by atoms with Crippen LogP contribution in [-0.2, 0) is 16.0 Å². The molecule has 4 rings (SSSR count). The fourth-order valence-corrected chi connectivity index (χ4v) is 3.91. The molecule has 1 aliphatic carbocycles. The smallest absolute Gasteiger partial charge is 0.224 e. The second-order valence-electron chi connectivity index (χ2n) is 7.69. The van der Waals surface area contributed by atoms with Gasteiger partial charge in [0.1, 0.15) is 5.60 Å². The maximum atomic E-state index is 12.5. The SMILES string of the molecule is CCc1cccc(C)c1NC(=O)CCC1OC12C=CC=C(c1ccccc1)C=C2. The highest BCUT2D eigenvalue weighted by Gasteiger charge is 2.52. The van der Waals surface area contributed by atoms with Gasteiger partial charge in [0.2, 0.25) is 5.91 Å². The van der Waals surface area contributed by atoms with Crippen LogP contribution in [0.3, 0.4) is 0 Å². The van der Waals surface area contributed by atoms with Crippen LogP contribution in [0.15, 0.2) is 78.9 Å². The van der Waals surface area contributed by atoms with Crippen LogP contribution < -0.4 is 5.32 Å². The molecule has 2 aliphatic rings. The third kappa shape index (κ3) is 4.25. The predicted octanol–water partition coefficient (Wildman–Crippen LogP) is 5.62. The van der Waals surface area contributed by atoms with Crippen LogP contribution in [0.2, 0.25) is 0 Å². The highest BCUT2D eigenvalue weighted by atomic mass is 16.6. The Hall–Kier alpha value is -2.91. The summed E-state index contributed by atoms with van der Waals surface area (Å²) in [7, 11) is 0. The number of ether oxygens (including phenoxy) is 1. The van der Waals surface area contributed by atoms with E-state index in [1.807, 2.05) is 37.3 Å². The van der Waals surface area contributed by atoms with Crippen molar-refractivity contribution in [3.63, 3.8) is 0 Å². The Morgan fingerprint density at radius 1 is 1.10 bits per heavy atom. The van der Waals surface area contributed by atoms with Gasteiger partial charge >= 0.3 is 0 Å². The minimum absolute atomic E-state index is 0.0457. The standard InChI is InChI=1S/C26H27NO2/c1-3-20-12-7-9-19(2)25(20)27-24(28)15-14-23-26(29-23)17-8-13-22(16-18-26)21-10-5-4-6-11-21/h4-13,16-18,23H,3,14-15H2,1-2H3,(H,27,28). The van der Waals surface area contributed by atoms with Crippen molar-refractivity contribution >= 4 is 17.2 Å². The number of nitrogens with one attached hydrogen (secondary N) is 1. The van der Waals surface area contributed by atoms with E-state index in [2.05, 4.69) is 60.8 Å². The Kier molecular flexibility index (Phi) is 5.50. The lowest BCUT2D eigenvalue weighted by Gasteiger charge is -2.12. The molecule has 2 aromatic rings. The van der Waals surface area contributed by atoms with Gasteiger partial charge in [0, 0.05) is 12.1 Å². The molecule has 1 N–H and O–H groups in total. The maximum Gasteiger partial charge on any atom is 0.224 e. The molecule has 148 valence electrons. The van der Waals surface area contributed by atoms with Crippen LogP contribution in [0.1, 0.15) is 36.5 Å². The van der Waals surface area contributed by atoms with E-state index in [1.165, 1.54) is 11.1 Å². The lowest BCUT2D eigenvalue weighted by Crippen LogP contribution is -2.16. The van der Waals surface area contributed by atoms with E-state index < -0.39 is 0 Å². The molecule has 0 saturated carbocycles. The fraction of sp³-hybridized carbons (Fsp3) is 0.269. The number of aryl methyl sites for hydroxylation is 2. The Balaban J connectivity index is 1.35. The number of anilines is 1. The van der Waals surface area contributed by atoms with Crippen molar-refractivity contribution in [2.75, 3.05) is 5.32 Å². The van der Waals surface area contributed by atoms with Crippen molar-refractivity contribution in [1.29, 1.82) is 0 Å². The summed E-state index contributed by atoms with van der Waals surface area (Å²) in [6.45, 7) is 4.14. The minimum Gasteiger partial charge on any atom is -0.357 e. The number of para-hydroxylation sites is 1. The summed E-state index contributed by atoms with van der Waals surface area (Å²) in [5.41, 5.74) is 5.21. The van der Waals surface area contributed by atoms with E-state index in [9.17, 15) is 4.79 Å². The molecule has 2 aromatic carbocycles. The Morgan fingerprint density at radius 2 is 1.93 bits per heavy atom. The first-order valence-corrected chi connectivity index (χ1v) is 10.3. The van der Waals surface area contributed by atoms with Crippen LogP contribution in [0.25, 0.3) is 5.57 Å². The summed E-state index contributed by atoms with van der Waals surface area (Å²) in [6.07, 6.45) is 12.6. The number of epoxide rings is 1. The quantitative estimate of drug-likeness (QED) is 0.656. The normalized spacial score (nSPS) is 22.3. The number of hydrogen-bond donors (Lipinski definition) is 1. The molecule has 1 amide bonds. The van der Waals surface area contributed by atoms with Gasteiger partial charge < -0.3 is 10.1 Å². The topological polar surface area (TPSA) is 41.6 Å². The zero-order valence-corrected chi connectivity index (χ0v) is 17.0. The Labute approximate surface area is 172 Å². The van der Waals surface area contributed by atoms with Gasteiger partial charge in [-0.15, -0.1) is 0 Å². The summed E-state index contributed by atoms with van der Waals surface area (Å²) in [5.74, 6) is 0.0457. The first-order valence-electron chi connectivity index (χ1n) is 10.3. The summed E-state index contributed by atoms with van der Waals surface area (Å²) in [5, 5.41) is 3.10. The average molecular weight is 386 g/mol. The van der Waals surface area contributed by atoms with Gasteiger partial charge in [0.15, 0.2) is 0 Å². The predicted molar refractivity (Wildman–Crippen MR) is 119 cm³/mol. The van der Waals surface area contributed by atoms with E-state index in [1.54, 1.807) is 0 Å². The highest BCUT2D eigenvalue weighted by Crippen LogP contribution is 2.44. The zero-order chi connectivity index (χ0) is 20.3. The van der Waals surface area contributed by atoms with Crippen LogP contribution in [0.5, 0.6) is 0 Å². The lowest BCUT2D eigenvalue weighted by atomic mass is 9.99. The molecular formula is C26H27NO2. The third-order valence-electron chi connectivity index (χ3n) is 5.69. The first-order chi connectivity index (χ1) is 14.1. The molecule has 0 radical (unpaired) electrons. The number of carbonyl (C=O) groups excluding carboxylic acids is 1. The molecule has 1 spiro atoms. The number of benzene rings is 2. The van der Waals surface area contributed by atoms with Crippen LogP contribution in [-0.4, -0.2) is 17.6 Å². The summed E-state index contributed by atoms with van der Waals surface area (Å²) >= 11 is 0. The molecule has 2 atom stereocenters. The molecule has 2 unspecified atom stereocenters. The van der Waals surface area contributed by atoms with Crippen molar-refractivity contribution < 1.29 is 9.53 Å². The monoisotopic (exact) mass is 385 g/mol. The van der Waals surface area contributed by atoms with E-state index >= 15 is 0 Å². The number of allylic oxidation sites excluding steroid dienone is 4. The van der Waals surface area contributed by atoms with Gasteiger partial charge in [-0.2, -0.15) is 0 Å². The Morgan fingerprint density at radius 3 is 2.72 bits per heavy atom. The number of amides is 1. The van der Waals surface area contributed by atoms with Crippen LogP contribution in [0.4, 0.5) is 5.69 Å². The molecule has 3 heteroatoms. The van der Waals surface area contributed by atoms with Crippen molar-refractivity contribution in [1.82, 2.24) is 0 Å². The fourth-order valence-electron chi connectivity index (χ4n) is 3.91. The molecule has 1 fully saturated rings. The molecule has 3 nitrogen and oxygen atoms in total. The Bertz CT molecular complexity index is 987. The van der Waals surface area contributed by atoms with Crippen molar-refractivity contribution in [3.8, 4) is 0 Å². The van der Waals surface area contributed by atoms with Gasteiger partial charge in [-0.1, -0.05) is 73.7 Å². The molecule has 0 aromatic heterocycles. The number of carbonyl (C=O) groups is 1. The highest BCUT2D eigenvalue weighted by molar-refractivity contribution is 5.92. The summed E-state index contributed by atoms with van der Waals surface area (Å²) in [4.78, 5) is 12.5. The van der Waals surface area contributed by atoms with Crippen LogP contribution in [0, 0.1) is 6.92 Å². The molecule has 1 heterocycles. The zero-order valence-electron chi connectivity index (χ0n) is 17.0. The second kappa shape index (κ2) is 8.22. The largest absolute Gasteiger partial charge is 0.357 e. The van der Waals surface area contributed by atoms with Crippen molar-refractivity contribution in [2.24, 2.45) is 0 Å². The lowest BCUT2D eigenvalue weighted by molar-refractivity contribution is -0.116. The third-order valence-corrected chi connectivity index (χ3v) is 5.69. The molecule has 1 saturated heterocycles. The summed E-state index contributed by atoms with van der Waals surface area (Å²) < 4.78 is 5.99. The van der Waals surface area contributed by atoms with Gasteiger partial charge in [0.05, 0.1) is 6.10 Å². The van der Waals surface area contributed by atoms with Crippen LogP contribution >= 0.6 is 0 Å².